The van der Waals surface area contributed by atoms with Crippen LogP contribution in [0.25, 0.3) is 11.0 Å². The Morgan fingerprint density at radius 3 is 2.43 bits per heavy atom. The number of nitrogens with zero attached hydrogens (tertiary/aromatic N) is 5. The van der Waals surface area contributed by atoms with E-state index < -0.39 is 0 Å². The topological polar surface area (TPSA) is 68.4 Å². The second-order valence-electron chi connectivity index (χ2n) is 7.39. The molecule has 0 aliphatic carbocycles. The summed E-state index contributed by atoms with van der Waals surface area (Å²) in [7, 11) is 0. The zero-order valence-corrected chi connectivity index (χ0v) is 15.4. The van der Waals surface area contributed by atoms with Gasteiger partial charge in [-0.25, -0.2) is 4.39 Å². The van der Waals surface area contributed by atoms with Gasteiger partial charge >= 0.3 is 0 Å². The predicted octanol–water partition coefficient (Wildman–Crippen LogP) is 1.74. The van der Waals surface area contributed by atoms with E-state index in [1.165, 1.54) is 12.1 Å². The number of carbonyl (C=O) groups is 1. The highest BCUT2D eigenvalue weighted by atomic mass is 19.1. The van der Waals surface area contributed by atoms with Gasteiger partial charge in [0.15, 0.2) is 0 Å². The van der Waals surface area contributed by atoms with Crippen molar-refractivity contribution in [1.82, 2.24) is 25.2 Å². The van der Waals surface area contributed by atoms with Gasteiger partial charge in [0.05, 0.1) is 0 Å². The number of fused-ring (bicyclic) bond motifs is 1. The summed E-state index contributed by atoms with van der Waals surface area (Å²) in [5.74, 6) is -0.157. The Morgan fingerprint density at radius 1 is 0.964 bits per heavy atom. The lowest BCUT2D eigenvalue weighted by atomic mass is 10.0. The summed E-state index contributed by atoms with van der Waals surface area (Å²) in [6.45, 7) is 5.25. The lowest BCUT2D eigenvalue weighted by molar-refractivity contribution is 0.0247. The zero-order chi connectivity index (χ0) is 19.1. The summed E-state index contributed by atoms with van der Waals surface area (Å²) >= 11 is 0. The van der Waals surface area contributed by atoms with Gasteiger partial charge in [-0.3, -0.25) is 9.69 Å². The van der Waals surface area contributed by atoms with Crippen LogP contribution in [0, 0.1) is 5.82 Å². The molecular weight excluding hydrogens is 359 g/mol. The first-order valence-corrected chi connectivity index (χ1v) is 9.52. The normalized spacial score (nSPS) is 18.5. The van der Waals surface area contributed by atoms with Crippen molar-refractivity contribution in [2.24, 2.45) is 0 Å². The number of rotatable bonds is 3. The van der Waals surface area contributed by atoms with E-state index in [-0.39, 0.29) is 11.7 Å². The molecular formula is C20H21FN6O. The highest BCUT2D eigenvalue weighted by molar-refractivity contribution is 5.97. The number of hydrogen-bond acceptors (Lipinski definition) is 5. The Labute approximate surface area is 161 Å². The van der Waals surface area contributed by atoms with Crippen LogP contribution in [0.4, 0.5) is 10.1 Å². The van der Waals surface area contributed by atoms with Gasteiger partial charge < -0.3 is 9.80 Å². The number of benzene rings is 2. The maximum absolute atomic E-state index is 13.1. The second-order valence-corrected chi connectivity index (χ2v) is 7.39. The number of aromatic amines is 1. The molecule has 0 saturated carbocycles. The second kappa shape index (κ2) is 6.87. The minimum absolute atomic E-state index is 0.0473. The van der Waals surface area contributed by atoms with Crippen LogP contribution >= 0.6 is 0 Å². The van der Waals surface area contributed by atoms with Crippen molar-refractivity contribution >= 4 is 22.6 Å². The SMILES string of the molecule is O=C(c1ccc2n[nH]nc2c1)N1CC(N2CCN(c3ccc(F)cc3)CC2)C1. The number of likely N-dealkylation sites (tertiary alicyclic amines) is 1. The third-order valence-electron chi connectivity index (χ3n) is 5.74. The van der Waals surface area contributed by atoms with Crippen molar-refractivity contribution < 1.29 is 9.18 Å². The number of aromatic nitrogens is 3. The summed E-state index contributed by atoms with van der Waals surface area (Å²) in [6.07, 6.45) is 0. The zero-order valence-electron chi connectivity index (χ0n) is 15.4. The van der Waals surface area contributed by atoms with E-state index in [9.17, 15) is 9.18 Å². The van der Waals surface area contributed by atoms with Gasteiger partial charge in [-0.05, 0) is 42.5 Å². The van der Waals surface area contributed by atoms with Crippen molar-refractivity contribution in [1.29, 1.82) is 0 Å². The van der Waals surface area contributed by atoms with Gasteiger partial charge in [0.25, 0.3) is 5.91 Å². The Kier molecular flexibility index (Phi) is 4.20. The average Bonchev–Trinajstić information content (AvgIpc) is 3.16. The molecule has 28 heavy (non-hydrogen) atoms. The van der Waals surface area contributed by atoms with Gasteiger partial charge in [-0.1, -0.05) is 0 Å². The summed E-state index contributed by atoms with van der Waals surface area (Å²) in [6, 6.07) is 12.5. The number of carbonyl (C=O) groups excluding carboxylic acids is 1. The molecule has 0 unspecified atom stereocenters. The number of amides is 1. The Hall–Kier alpha value is -3.00. The van der Waals surface area contributed by atoms with Crippen molar-refractivity contribution in [3.63, 3.8) is 0 Å². The van der Waals surface area contributed by atoms with Crippen LogP contribution in [-0.4, -0.2) is 76.4 Å². The molecule has 0 bridgehead atoms. The van der Waals surface area contributed by atoms with Gasteiger partial charge in [0, 0.05) is 56.6 Å². The first-order valence-electron chi connectivity index (χ1n) is 9.52. The van der Waals surface area contributed by atoms with E-state index in [0.717, 1.165) is 50.5 Å². The minimum Gasteiger partial charge on any atom is -0.369 e. The van der Waals surface area contributed by atoms with Crippen molar-refractivity contribution in [2.75, 3.05) is 44.2 Å². The van der Waals surface area contributed by atoms with Crippen LogP contribution in [0.15, 0.2) is 42.5 Å². The first-order chi connectivity index (χ1) is 13.7. The van der Waals surface area contributed by atoms with Crippen molar-refractivity contribution in [3.8, 4) is 0 Å². The molecule has 2 aromatic carbocycles. The number of nitrogens with one attached hydrogen (secondary N) is 1. The largest absolute Gasteiger partial charge is 0.369 e. The fourth-order valence-electron chi connectivity index (χ4n) is 4.01. The first kappa shape index (κ1) is 17.1. The maximum Gasteiger partial charge on any atom is 0.254 e. The van der Waals surface area contributed by atoms with Crippen LogP contribution in [0.1, 0.15) is 10.4 Å². The molecule has 144 valence electrons. The van der Waals surface area contributed by atoms with Gasteiger partial charge in [-0.15, -0.1) is 0 Å². The number of piperazine rings is 1. The van der Waals surface area contributed by atoms with E-state index in [1.807, 2.05) is 29.2 Å². The molecule has 5 rings (SSSR count). The number of H-pyrrole nitrogens is 1. The van der Waals surface area contributed by atoms with E-state index in [2.05, 4.69) is 25.2 Å². The molecule has 0 atom stereocenters. The van der Waals surface area contributed by atoms with Crippen LogP contribution in [0.3, 0.4) is 0 Å². The predicted molar refractivity (Wildman–Crippen MR) is 104 cm³/mol. The molecule has 8 heteroatoms. The van der Waals surface area contributed by atoms with E-state index in [1.54, 1.807) is 6.07 Å². The van der Waals surface area contributed by atoms with Crippen LogP contribution in [-0.2, 0) is 0 Å². The summed E-state index contributed by atoms with van der Waals surface area (Å²) in [5.41, 5.74) is 3.19. The van der Waals surface area contributed by atoms with Crippen LogP contribution < -0.4 is 4.90 Å². The molecule has 3 aromatic rings. The Morgan fingerprint density at radius 2 is 1.68 bits per heavy atom. The Balaban J connectivity index is 1.15. The molecule has 3 heterocycles. The molecule has 1 N–H and O–H groups in total. The molecule has 2 aliphatic heterocycles. The van der Waals surface area contributed by atoms with Crippen LogP contribution in [0.5, 0.6) is 0 Å². The fourth-order valence-corrected chi connectivity index (χ4v) is 4.01. The lowest BCUT2D eigenvalue weighted by Gasteiger charge is -2.48. The quantitative estimate of drug-likeness (QED) is 0.750. The third-order valence-corrected chi connectivity index (χ3v) is 5.74. The smallest absolute Gasteiger partial charge is 0.254 e. The minimum atomic E-state index is -0.204. The van der Waals surface area contributed by atoms with Crippen molar-refractivity contribution in [2.45, 2.75) is 6.04 Å². The molecule has 0 radical (unpaired) electrons. The fraction of sp³-hybridized carbons (Fsp3) is 0.350. The molecule has 2 fully saturated rings. The molecule has 2 saturated heterocycles. The molecule has 1 aromatic heterocycles. The monoisotopic (exact) mass is 380 g/mol. The van der Waals surface area contributed by atoms with Crippen molar-refractivity contribution in [3.05, 3.63) is 53.8 Å². The summed E-state index contributed by atoms with van der Waals surface area (Å²) in [5, 5.41) is 10.6. The third kappa shape index (κ3) is 3.09. The molecule has 0 spiro atoms. The molecule has 7 nitrogen and oxygen atoms in total. The van der Waals surface area contributed by atoms with Gasteiger partial charge in [0.2, 0.25) is 0 Å². The lowest BCUT2D eigenvalue weighted by Crippen LogP contribution is -2.64. The van der Waals surface area contributed by atoms with Gasteiger partial charge in [0.1, 0.15) is 16.9 Å². The maximum atomic E-state index is 13.1. The number of anilines is 1. The Bertz CT molecular complexity index is 989. The molecule has 2 aliphatic rings. The summed E-state index contributed by atoms with van der Waals surface area (Å²) in [4.78, 5) is 19.3. The highest BCUT2D eigenvalue weighted by Crippen LogP contribution is 2.23. The number of hydrogen-bond donors (Lipinski definition) is 1. The average molecular weight is 380 g/mol. The van der Waals surface area contributed by atoms with E-state index in [4.69, 9.17) is 0 Å². The summed E-state index contributed by atoms with van der Waals surface area (Å²) < 4.78 is 13.1. The highest BCUT2D eigenvalue weighted by Gasteiger charge is 2.36. The number of halogens is 1. The standard InChI is InChI=1S/C20H21FN6O/c21-15-2-4-16(5-3-15)25-7-9-26(10-8-25)17-12-27(13-17)20(28)14-1-6-18-19(11-14)23-24-22-18/h1-6,11,17H,7-10,12-13H2,(H,22,23,24). The molecule has 1 amide bonds. The van der Waals surface area contributed by atoms with E-state index in [0.29, 0.717) is 17.1 Å². The van der Waals surface area contributed by atoms with Gasteiger partial charge in [-0.2, -0.15) is 15.4 Å². The van der Waals surface area contributed by atoms with E-state index >= 15 is 0 Å². The van der Waals surface area contributed by atoms with Crippen LogP contribution in [0.2, 0.25) is 0 Å².